The van der Waals surface area contributed by atoms with Crippen molar-refractivity contribution in [2.24, 2.45) is 0 Å². The van der Waals surface area contributed by atoms with Crippen molar-refractivity contribution in [2.45, 2.75) is 16.8 Å². The molecule has 21 heavy (non-hydrogen) atoms. The molecule has 0 unspecified atom stereocenters. The molecule has 0 saturated heterocycles. The summed E-state index contributed by atoms with van der Waals surface area (Å²) >= 11 is 1.01. The molecule has 5 nitrogen and oxygen atoms in total. The van der Waals surface area contributed by atoms with E-state index in [1.165, 1.54) is 13.1 Å². The van der Waals surface area contributed by atoms with Crippen molar-refractivity contribution >= 4 is 29.3 Å². The van der Waals surface area contributed by atoms with E-state index in [1.807, 2.05) is 0 Å². The zero-order valence-electron chi connectivity index (χ0n) is 11.0. The second-order valence-corrected chi connectivity index (χ2v) is 5.15. The Kier molecular flexibility index (Phi) is 4.54. The minimum absolute atomic E-state index is 0.0119. The number of carbonyl (C=O) groups is 2. The number of nitrogens with one attached hydrogen (secondary N) is 1. The maximum Gasteiger partial charge on any atom is 0.338 e. The fraction of sp³-hybridized carbons (Fsp3) is 0.0714. The zero-order chi connectivity index (χ0) is 15.4. The molecule has 1 heterocycles. The number of hydrogen-bond donors (Lipinski definition) is 2. The summed E-state index contributed by atoms with van der Waals surface area (Å²) in [7, 11) is 0. The van der Waals surface area contributed by atoms with Crippen LogP contribution in [0, 0.1) is 5.82 Å². The van der Waals surface area contributed by atoms with Crippen molar-refractivity contribution in [3.05, 3.63) is 47.9 Å². The molecule has 0 aliphatic heterocycles. The van der Waals surface area contributed by atoms with Gasteiger partial charge >= 0.3 is 5.97 Å². The number of rotatable bonds is 4. The van der Waals surface area contributed by atoms with Gasteiger partial charge in [-0.1, -0.05) is 11.8 Å². The predicted molar refractivity (Wildman–Crippen MR) is 76.0 cm³/mol. The predicted octanol–water partition coefficient (Wildman–Crippen LogP) is 3.03. The number of nitrogens with zero attached hydrogens (tertiary/aromatic N) is 1. The number of aromatic nitrogens is 1. The van der Waals surface area contributed by atoms with Gasteiger partial charge in [-0.3, -0.25) is 4.79 Å². The maximum absolute atomic E-state index is 13.9. The van der Waals surface area contributed by atoms with E-state index >= 15 is 0 Å². The molecule has 0 spiro atoms. The molecule has 1 aromatic heterocycles. The Labute approximate surface area is 124 Å². The summed E-state index contributed by atoms with van der Waals surface area (Å²) in [6.45, 7) is 1.40. The average molecular weight is 306 g/mol. The number of carboxylic acid groups (broad SMARTS) is 1. The summed E-state index contributed by atoms with van der Waals surface area (Å²) in [6.07, 6.45) is 1.25. The molecule has 2 rings (SSSR count). The van der Waals surface area contributed by atoms with Gasteiger partial charge in [0.1, 0.15) is 5.03 Å². The lowest BCUT2D eigenvalue weighted by molar-refractivity contribution is -0.114. The lowest BCUT2D eigenvalue weighted by atomic mass is 10.3. The second kappa shape index (κ2) is 6.36. The number of carboxylic acids is 1. The van der Waals surface area contributed by atoms with Gasteiger partial charge in [0.15, 0.2) is 5.82 Å². The van der Waals surface area contributed by atoms with E-state index in [0.29, 0.717) is 10.6 Å². The van der Waals surface area contributed by atoms with Crippen LogP contribution in [0.4, 0.5) is 10.1 Å². The van der Waals surface area contributed by atoms with Crippen molar-refractivity contribution < 1.29 is 19.1 Å². The fourth-order valence-corrected chi connectivity index (χ4v) is 2.39. The van der Waals surface area contributed by atoms with Crippen LogP contribution in [0.1, 0.15) is 17.3 Å². The Balaban J connectivity index is 2.20. The third kappa shape index (κ3) is 3.79. The van der Waals surface area contributed by atoms with Gasteiger partial charge in [-0.25, -0.2) is 14.2 Å². The molecule has 0 fully saturated rings. The first kappa shape index (κ1) is 15.0. The van der Waals surface area contributed by atoms with Gasteiger partial charge in [0.05, 0.1) is 5.56 Å². The van der Waals surface area contributed by atoms with Crippen LogP contribution < -0.4 is 5.32 Å². The minimum Gasteiger partial charge on any atom is -0.478 e. The minimum atomic E-state index is -1.34. The van der Waals surface area contributed by atoms with Gasteiger partial charge in [-0.2, -0.15) is 0 Å². The third-order valence-corrected chi connectivity index (χ3v) is 3.46. The van der Waals surface area contributed by atoms with E-state index in [1.54, 1.807) is 24.3 Å². The number of anilines is 1. The molecule has 108 valence electrons. The first-order valence-electron chi connectivity index (χ1n) is 5.90. The van der Waals surface area contributed by atoms with Crippen molar-refractivity contribution in [1.82, 2.24) is 4.98 Å². The summed E-state index contributed by atoms with van der Waals surface area (Å²) in [5.74, 6) is -2.38. The molecule has 0 aliphatic rings. The number of carbonyl (C=O) groups excluding carboxylic acids is 1. The summed E-state index contributed by atoms with van der Waals surface area (Å²) in [6, 6.07) is 7.82. The van der Waals surface area contributed by atoms with Crippen LogP contribution in [0.15, 0.2) is 46.5 Å². The molecule has 0 saturated carbocycles. The highest BCUT2D eigenvalue weighted by Crippen LogP contribution is 2.30. The Morgan fingerprint density at radius 3 is 2.48 bits per heavy atom. The molecular weight excluding hydrogens is 295 g/mol. The summed E-state index contributed by atoms with van der Waals surface area (Å²) in [5, 5.41) is 11.5. The average Bonchev–Trinajstić information content (AvgIpc) is 2.42. The zero-order valence-corrected chi connectivity index (χ0v) is 11.8. The molecular formula is C14H11FN2O3S. The normalized spacial score (nSPS) is 10.2. The Hall–Kier alpha value is -2.41. The second-order valence-electron chi connectivity index (χ2n) is 4.09. The standard InChI is InChI=1S/C14H11FN2O3S/c1-8(18)17-9-2-4-10(5-3-9)21-13-12(15)11(14(19)20)6-7-16-13/h2-7H,1H3,(H,17,18)(H,19,20). The van der Waals surface area contributed by atoms with Crippen molar-refractivity contribution in [3.8, 4) is 0 Å². The molecule has 0 aliphatic carbocycles. The molecule has 2 N–H and O–H groups in total. The monoisotopic (exact) mass is 306 g/mol. The number of amides is 1. The first-order valence-corrected chi connectivity index (χ1v) is 6.72. The Morgan fingerprint density at radius 1 is 1.24 bits per heavy atom. The summed E-state index contributed by atoms with van der Waals surface area (Å²) in [4.78, 5) is 26.3. The molecule has 0 radical (unpaired) electrons. The number of aromatic carboxylic acids is 1. The maximum atomic E-state index is 13.9. The molecule has 1 aromatic carbocycles. The van der Waals surface area contributed by atoms with Gasteiger partial charge in [0.25, 0.3) is 0 Å². The fourth-order valence-electron chi connectivity index (χ4n) is 1.58. The summed E-state index contributed by atoms with van der Waals surface area (Å²) < 4.78 is 13.9. The van der Waals surface area contributed by atoms with Gasteiger partial charge in [-0.15, -0.1) is 0 Å². The Morgan fingerprint density at radius 2 is 1.90 bits per heavy atom. The van der Waals surface area contributed by atoms with E-state index in [-0.39, 0.29) is 10.9 Å². The lowest BCUT2D eigenvalue weighted by Gasteiger charge is -2.06. The SMILES string of the molecule is CC(=O)Nc1ccc(Sc2nccc(C(=O)O)c2F)cc1. The highest BCUT2D eigenvalue weighted by molar-refractivity contribution is 7.99. The highest BCUT2D eigenvalue weighted by atomic mass is 32.2. The molecule has 2 aromatic rings. The van der Waals surface area contributed by atoms with Crippen molar-refractivity contribution in [2.75, 3.05) is 5.32 Å². The van der Waals surface area contributed by atoms with Gasteiger partial charge < -0.3 is 10.4 Å². The van der Waals surface area contributed by atoms with E-state index < -0.39 is 17.3 Å². The van der Waals surface area contributed by atoms with E-state index in [2.05, 4.69) is 10.3 Å². The van der Waals surface area contributed by atoms with Crippen LogP contribution in [-0.2, 0) is 4.79 Å². The van der Waals surface area contributed by atoms with E-state index in [4.69, 9.17) is 5.11 Å². The largest absolute Gasteiger partial charge is 0.478 e. The van der Waals surface area contributed by atoms with Crippen molar-refractivity contribution in [3.63, 3.8) is 0 Å². The van der Waals surface area contributed by atoms with Gasteiger partial charge in [0, 0.05) is 23.7 Å². The first-order chi connectivity index (χ1) is 9.97. The lowest BCUT2D eigenvalue weighted by Crippen LogP contribution is -2.05. The smallest absolute Gasteiger partial charge is 0.338 e. The quantitative estimate of drug-likeness (QED) is 0.907. The number of pyridine rings is 1. The molecule has 1 amide bonds. The van der Waals surface area contributed by atoms with Crippen LogP contribution in [0.3, 0.4) is 0 Å². The number of benzene rings is 1. The van der Waals surface area contributed by atoms with Gasteiger partial charge in [0.2, 0.25) is 5.91 Å². The van der Waals surface area contributed by atoms with Gasteiger partial charge in [-0.05, 0) is 30.3 Å². The molecule has 0 atom stereocenters. The third-order valence-electron chi connectivity index (χ3n) is 2.48. The highest BCUT2D eigenvalue weighted by Gasteiger charge is 2.15. The van der Waals surface area contributed by atoms with Crippen LogP contribution >= 0.6 is 11.8 Å². The van der Waals surface area contributed by atoms with Crippen molar-refractivity contribution in [1.29, 1.82) is 0 Å². The van der Waals surface area contributed by atoms with Crippen LogP contribution in [0.2, 0.25) is 0 Å². The Bertz CT molecular complexity index is 689. The van der Waals surface area contributed by atoms with E-state index in [0.717, 1.165) is 17.8 Å². The van der Waals surface area contributed by atoms with Crippen LogP contribution in [0.5, 0.6) is 0 Å². The summed E-state index contributed by atoms with van der Waals surface area (Å²) in [5.41, 5.74) is 0.210. The molecule has 0 bridgehead atoms. The van der Waals surface area contributed by atoms with E-state index in [9.17, 15) is 14.0 Å². The number of halogens is 1. The topological polar surface area (TPSA) is 79.3 Å². The van der Waals surface area contributed by atoms with Crippen LogP contribution in [-0.4, -0.2) is 22.0 Å². The molecule has 7 heteroatoms. The van der Waals surface area contributed by atoms with Crippen LogP contribution in [0.25, 0.3) is 0 Å². The number of hydrogen-bond acceptors (Lipinski definition) is 4.